The first kappa shape index (κ1) is 22.2. The first-order valence-corrected chi connectivity index (χ1v) is 11.1. The quantitative estimate of drug-likeness (QED) is 0.268. The summed E-state index contributed by atoms with van der Waals surface area (Å²) < 4.78 is 0. The third kappa shape index (κ3) is 5.45. The van der Waals surface area contributed by atoms with Gasteiger partial charge in [-0.05, 0) is 39.8 Å². The number of pyridine rings is 1. The molecule has 0 saturated heterocycles. The Morgan fingerprint density at radius 1 is 0.848 bits per heavy atom. The summed E-state index contributed by atoms with van der Waals surface area (Å²) in [6.45, 7) is 6.64. The minimum atomic E-state index is -0.175. The second kappa shape index (κ2) is 9.66. The number of carbonyl (C=O) groups excluding carboxylic acids is 1. The third-order valence-electron chi connectivity index (χ3n) is 5.60. The molecule has 33 heavy (non-hydrogen) atoms. The van der Waals surface area contributed by atoms with Crippen molar-refractivity contribution in [3.05, 3.63) is 126 Å². The van der Waals surface area contributed by atoms with Crippen molar-refractivity contribution in [2.24, 2.45) is 0 Å². The van der Waals surface area contributed by atoms with Crippen LogP contribution < -0.4 is 5.32 Å². The molecular weight excluding hydrogens is 404 g/mol. The van der Waals surface area contributed by atoms with E-state index in [4.69, 9.17) is 0 Å². The van der Waals surface area contributed by atoms with E-state index in [1.807, 2.05) is 54.6 Å². The van der Waals surface area contributed by atoms with Gasteiger partial charge in [0.15, 0.2) is 0 Å². The van der Waals surface area contributed by atoms with Crippen LogP contribution in [0.5, 0.6) is 0 Å². The second-order valence-electron chi connectivity index (χ2n) is 9.02. The zero-order valence-electron chi connectivity index (χ0n) is 19.2. The Labute approximate surface area is 195 Å². The summed E-state index contributed by atoms with van der Waals surface area (Å²) in [5.74, 6) is -0.175. The molecule has 0 aliphatic carbocycles. The lowest BCUT2D eigenvalue weighted by Gasteiger charge is -2.19. The number of nitrogens with zero attached hydrogens (tertiary/aromatic N) is 1. The Morgan fingerprint density at radius 3 is 2.30 bits per heavy atom. The number of aromatic nitrogens is 1. The standard InChI is InChI=1S/C30H28N2O/c1-30(2,3)25-17-15-23(16-18-25)26(22-9-5-4-6-10-22)12-8-14-29(33)32-28-13-7-11-24-21-31-20-19-27(24)28/h4-21H,1-3H3,(H,32,33)/b14-8+,26-12-. The normalized spacial score (nSPS) is 12.3. The van der Waals surface area contributed by atoms with E-state index in [1.54, 1.807) is 18.5 Å². The number of nitrogens with one attached hydrogen (secondary N) is 1. The zero-order valence-corrected chi connectivity index (χ0v) is 19.2. The molecule has 0 aliphatic rings. The van der Waals surface area contributed by atoms with Crippen molar-refractivity contribution in [3.8, 4) is 0 Å². The lowest BCUT2D eigenvalue weighted by Crippen LogP contribution is -2.10. The van der Waals surface area contributed by atoms with E-state index in [0.717, 1.165) is 33.2 Å². The summed E-state index contributed by atoms with van der Waals surface area (Å²) in [5, 5.41) is 4.94. The van der Waals surface area contributed by atoms with Crippen LogP contribution >= 0.6 is 0 Å². The molecule has 1 aromatic heterocycles. The highest BCUT2D eigenvalue weighted by Crippen LogP contribution is 2.28. The summed E-state index contributed by atoms with van der Waals surface area (Å²) >= 11 is 0. The molecule has 0 atom stereocenters. The van der Waals surface area contributed by atoms with E-state index >= 15 is 0 Å². The van der Waals surface area contributed by atoms with Crippen LogP contribution in [0.15, 0.2) is 109 Å². The van der Waals surface area contributed by atoms with Crippen LogP contribution in [-0.2, 0) is 10.2 Å². The van der Waals surface area contributed by atoms with E-state index in [2.05, 4.69) is 67.5 Å². The number of benzene rings is 3. The van der Waals surface area contributed by atoms with Crippen LogP contribution in [0.4, 0.5) is 5.69 Å². The third-order valence-corrected chi connectivity index (χ3v) is 5.60. The molecule has 4 aromatic rings. The maximum absolute atomic E-state index is 12.6. The molecule has 0 bridgehead atoms. The maximum atomic E-state index is 12.6. The number of anilines is 1. The maximum Gasteiger partial charge on any atom is 0.248 e. The van der Waals surface area contributed by atoms with E-state index in [1.165, 1.54) is 5.56 Å². The van der Waals surface area contributed by atoms with Gasteiger partial charge in [-0.1, -0.05) is 99.7 Å². The molecule has 4 rings (SSSR count). The summed E-state index contributed by atoms with van der Waals surface area (Å²) in [5.41, 5.74) is 5.45. The highest BCUT2D eigenvalue weighted by molar-refractivity contribution is 6.06. The summed E-state index contributed by atoms with van der Waals surface area (Å²) in [7, 11) is 0. The summed E-state index contributed by atoms with van der Waals surface area (Å²) in [6, 6.07) is 26.6. The van der Waals surface area contributed by atoms with E-state index in [0.29, 0.717) is 0 Å². The Hall–Kier alpha value is -3.98. The van der Waals surface area contributed by atoms with Crippen molar-refractivity contribution < 1.29 is 4.79 Å². The van der Waals surface area contributed by atoms with Gasteiger partial charge in [-0.2, -0.15) is 0 Å². The second-order valence-corrected chi connectivity index (χ2v) is 9.02. The predicted octanol–water partition coefficient (Wildman–Crippen LogP) is 7.16. The molecule has 0 spiro atoms. The first-order chi connectivity index (χ1) is 15.9. The number of hydrogen-bond donors (Lipinski definition) is 1. The highest BCUT2D eigenvalue weighted by atomic mass is 16.1. The number of allylic oxidation sites excluding steroid dienone is 2. The largest absolute Gasteiger partial charge is 0.322 e. The molecule has 164 valence electrons. The zero-order chi connectivity index (χ0) is 23.3. The van der Waals surface area contributed by atoms with Gasteiger partial charge in [0.1, 0.15) is 0 Å². The van der Waals surface area contributed by atoms with Crippen LogP contribution in [0.3, 0.4) is 0 Å². The summed E-state index contributed by atoms with van der Waals surface area (Å²) in [6.07, 6.45) is 8.89. The Morgan fingerprint density at radius 2 is 1.58 bits per heavy atom. The average Bonchev–Trinajstić information content (AvgIpc) is 2.82. The fourth-order valence-electron chi connectivity index (χ4n) is 3.76. The van der Waals surface area contributed by atoms with Crippen molar-refractivity contribution in [3.63, 3.8) is 0 Å². The molecule has 3 aromatic carbocycles. The Kier molecular flexibility index (Phi) is 6.50. The molecule has 0 fully saturated rings. The van der Waals surface area contributed by atoms with E-state index in [-0.39, 0.29) is 11.3 Å². The number of rotatable bonds is 5. The topological polar surface area (TPSA) is 42.0 Å². The molecule has 0 saturated carbocycles. The molecule has 0 aliphatic heterocycles. The van der Waals surface area contributed by atoms with Gasteiger partial charge in [0, 0.05) is 34.9 Å². The smallest absolute Gasteiger partial charge is 0.248 e. The van der Waals surface area contributed by atoms with E-state index in [9.17, 15) is 4.79 Å². The molecule has 1 N–H and O–H groups in total. The van der Waals surface area contributed by atoms with Gasteiger partial charge in [0.2, 0.25) is 5.91 Å². The van der Waals surface area contributed by atoms with Crippen LogP contribution in [0.1, 0.15) is 37.5 Å². The SMILES string of the molecule is CC(C)(C)c1ccc(/C(=C\C=C\C(=O)Nc2cccc3cnccc23)c2ccccc2)cc1. The van der Waals surface area contributed by atoms with Crippen LogP contribution in [-0.4, -0.2) is 10.9 Å². The summed E-state index contributed by atoms with van der Waals surface area (Å²) in [4.78, 5) is 16.8. The monoisotopic (exact) mass is 432 g/mol. The predicted molar refractivity (Wildman–Crippen MR) is 138 cm³/mol. The number of amides is 1. The van der Waals surface area contributed by atoms with Crippen molar-refractivity contribution in [1.82, 2.24) is 4.98 Å². The van der Waals surface area contributed by atoms with Crippen molar-refractivity contribution in [2.45, 2.75) is 26.2 Å². The van der Waals surface area contributed by atoms with Gasteiger partial charge in [-0.3, -0.25) is 9.78 Å². The lowest BCUT2D eigenvalue weighted by molar-refractivity contribution is -0.111. The molecule has 3 heteroatoms. The average molecular weight is 433 g/mol. The van der Waals surface area contributed by atoms with Gasteiger partial charge < -0.3 is 5.32 Å². The lowest BCUT2D eigenvalue weighted by atomic mass is 9.85. The number of hydrogen-bond acceptors (Lipinski definition) is 2. The minimum Gasteiger partial charge on any atom is -0.322 e. The molecule has 1 heterocycles. The van der Waals surface area contributed by atoms with E-state index < -0.39 is 0 Å². The van der Waals surface area contributed by atoms with Crippen molar-refractivity contribution in [1.29, 1.82) is 0 Å². The van der Waals surface area contributed by atoms with Crippen LogP contribution in [0, 0.1) is 0 Å². The van der Waals surface area contributed by atoms with Gasteiger partial charge in [0.05, 0.1) is 0 Å². The highest BCUT2D eigenvalue weighted by Gasteiger charge is 2.13. The van der Waals surface area contributed by atoms with Gasteiger partial charge in [0.25, 0.3) is 0 Å². The fraction of sp³-hybridized carbons (Fsp3) is 0.133. The number of carbonyl (C=O) groups is 1. The van der Waals surface area contributed by atoms with Gasteiger partial charge in [-0.25, -0.2) is 0 Å². The van der Waals surface area contributed by atoms with Crippen LogP contribution in [0.25, 0.3) is 16.3 Å². The van der Waals surface area contributed by atoms with Gasteiger partial charge >= 0.3 is 0 Å². The Bertz CT molecular complexity index is 1310. The Balaban J connectivity index is 1.59. The van der Waals surface area contributed by atoms with Gasteiger partial charge in [-0.15, -0.1) is 0 Å². The molecule has 1 amide bonds. The van der Waals surface area contributed by atoms with Crippen molar-refractivity contribution in [2.75, 3.05) is 5.32 Å². The molecule has 0 unspecified atom stereocenters. The fourth-order valence-corrected chi connectivity index (χ4v) is 3.76. The molecular formula is C30H28N2O. The number of fused-ring (bicyclic) bond motifs is 1. The van der Waals surface area contributed by atoms with Crippen molar-refractivity contribution >= 4 is 27.9 Å². The minimum absolute atomic E-state index is 0.102. The molecule has 0 radical (unpaired) electrons. The molecule has 3 nitrogen and oxygen atoms in total. The van der Waals surface area contributed by atoms with Crippen LogP contribution in [0.2, 0.25) is 0 Å². The first-order valence-electron chi connectivity index (χ1n) is 11.1.